The maximum Gasteiger partial charge on any atom is 0.328 e. The number of nitrogens with zero attached hydrogens (tertiary/aromatic N) is 1. The van der Waals surface area contributed by atoms with Gasteiger partial charge in [0.05, 0.1) is 18.6 Å². The van der Waals surface area contributed by atoms with Crippen molar-refractivity contribution in [1.82, 2.24) is 0 Å². The maximum absolute atomic E-state index is 12.8. The Labute approximate surface area is 147 Å². The Morgan fingerprint density at radius 1 is 1.17 bits per heavy atom. The quantitative estimate of drug-likeness (QED) is 0.737. The first-order chi connectivity index (χ1) is 11.2. The summed E-state index contributed by atoms with van der Waals surface area (Å²) < 4.78 is 4.81. The standard InChI is InChI=1S/C18H25NO4S/c1-7-16(21)24-10-15(20)19(14(5)18(22)23-6)17-12(3)9-8-11(2)13(17)4/h8-9,14H,7,10H2,1-6H3/t14-/m0/s1. The molecule has 0 N–H and O–H groups in total. The first-order valence-corrected chi connectivity index (χ1v) is 8.85. The van der Waals surface area contributed by atoms with Crippen LogP contribution in [0.2, 0.25) is 0 Å². The number of methoxy groups -OCH3 is 1. The van der Waals surface area contributed by atoms with E-state index >= 15 is 0 Å². The molecule has 0 aliphatic carbocycles. The number of hydrogen-bond acceptors (Lipinski definition) is 5. The van der Waals surface area contributed by atoms with Gasteiger partial charge < -0.3 is 4.74 Å². The Balaban J connectivity index is 3.30. The second kappa shape index (κ2) is 8.87. The van der Waals surface area contributed by atoms with E-state index in [1.165, 1.54) is 12.0 Å². The summed E-state index contributed by atoms with van der Waals surface area (Å²) in [7, 11) is 1.30. The van der Waals surface area contributed by atoms with Gasteiger partial charge in [0.25, 0.3) is 0 Å². The highest BCUT2D eigenvalue weighted by Crippen LogP contribution is 2.30. The molecule has 0 spiro atoms. The summed E-state index contributed by atoms with van der Waals surface area (Å²) in [6.45, 7) is 9.17. The number of carbonyl (C=O) groups is 3. The molecule has 1 amide bonds. The molecular formula is C18H25NO4S. The molecule has 1 aromatic carbocycles. The lowest BCUT2D eigenvalue weighted by atomic mass is 10.0. The van der Waals surface area contributed by atoms with E-state index in [0.717, 1.165) is 28.5 Å². The molecule has 132 valence electrons. The van der Waals surface area contributed by atoms with E-state index in [0.29, 0.717) is 12.1 Å². The zero-order valence-electron chi connectivity index (χ0n) is 15.1. The molecule has 0 aliphatic rings. The Bertz CT molecular complexity index is 642. The summed E-state index contributed by atoms with van der Waals surface area (Å²) in [5.74, 6) is -0.770. The number of carbonyl (C=O) groups excluding carboxylic acids is 3. The smallest absolute Gasteiger partial charge is 0.328 e. The van der Waals surface area contributed by atoms with E-state index in [2.05, 4.69) is 0 Å². The molecule has 5 nitrogen and oxygen atoms in total. The normalized spacial score (nSPS) is 11.8. The first-order valence-electron chi connectivity index (χ1n) is 7.86. The van der Waals surface area contributed by atoms with Gasteiger partial charge in [0.15, 0.2) is 5.12 Å². The van der Waals surface area contributed by atoms with Crippen molar-refractivity contribution in [3.8, 4) is 0 Å². The monoisotopic (exact) mass is 351 g/mol. The van der Waals surface area contributed by atoms with Crippen molar-refractivity contribution in [3.05, 3.63) is 28.8 Å². The average Bonchev–Trinajstić information content (AvgIpc) is 2.58. The minimum atomic E-state index is -0.765. The van der Waals surface area contributed by atoms with E-state index in [1.807, 2.05) is 32.9 Å². The van der Waals surface area contributed by atoms with Crippen LogP contribution >= 0.6 is 11.8 Å². The number of amides is 1. The summed E-state index contributed by atoms with van der Waals surface area (Å²) in [4.78, 5) is 37.8. The van der Waals surface area contributed by atoms with Gasteiger partial charge in [-0.05, 0) is 44.4 Å². The van der Waals surface area contributed by atoms with Crippen molar-refractivity contribution >= 4 is 34.4 Å². The van der Waals surface area contributed by atoms with Crippen LogP contribution in [0.3, 0.4) is 0 Å². The lowest BCUT2D eigenvalue weighted by molar-refractivity contribution is -0.142. The van der Waals surface area contributed by atoms with E-state index in [-0.39, 0.29) is 16.8 Å². The van der Waals surface area contributed by atoms with Crippen molar-refractivity contribution in [3.63, 3.8) is 0 Å². The first kappa shape index (κ1) is 20.2. The highest BCUT2D eigenvalue weighted by molar-refractivity contribution is 8.14. The van der Waals surface area contributed by atoms with Gasteiger partial charge in [0.2, 0.25) is 5.91 Å². The molecule has 0 saturated heterocycles. The molecular weight excluding hydrogens is 326 g/mol. The lowest BCUT2D eigenvalue weighted by Crippen LogP contribution is -2.46. The maximum atomic E-state index is 12.8. The number of esters is 1. The van der Waals surface area contributed by atoms with Crippen molar-refractivity contribution < 1.29 is 19.1 Å². The highest BCUT2D eigenvalue weighted by atomic mass is 32.2. The van der Waals surface area contributed by atoms with Crippen LogP contribution in [0.15, 0.2) is 12.1 Å². The topological polar surface area (TPSA) is 63.7 Å². The Morgan fingerprint density at radius 3 is 2.29 bits per heavy atom. The number of thioether (sulfide) groups is 1. The molecule has 0 bridgehead atoms. The Hall–Kier alpha value is -1.82. The van der Waals surface area contributed by atoms with Gasteiger partial charge in [-0.1, -0.05) is 30.8 Å². The van der Waals surface area contributed by atoms with Gasteiger partial charge in [-0.2, -0.15) is 0 Å². The number of ether oxygens (including phenoxy) is 1. The van der Waals surface area contributed by atoms with Crippen LogP contribution in [0.5, 0.6) is 0 Å². The minimum absolute atomic E-state index is 0.000823. The lowest BCUT2D eigenvalue weighted by Gasteiger charge is -2.31. The van der Waals surface area contributed by atoms with Crippen molar-refractivity contribution in [2.24, 2.45) is 0 Å². The van der Waals surface area contributed by atoms with Gasteiger partial charge >= 0.3 is 5.97 Å². The Morgan fingerprint density at radius 2 is 1.75 bits per heavy atom. The summed E-state index contributed by atoms with van der Waals surface area (Å²) >= 11 is 0.978. The largest absolute Gasteiger partial charge is 0.467 e. The fourth-order valence-electron chi connectivity index (χ4n) is 2.43. The molecule has 0 unspecified atom stereocenters. The molecule has 0 heterocycles. The summed E-state index contributed by atoms with van der Waals surface area (Å²) in [5, 5.41) is -0.0493. The number of hydrogen-bond donors (Lipinski definition) is 0. The van der Waals surface area contributed by atoms with Crippen LogP contribution in [-0.4, -0.2) is 35.9 Å². The van der Waals surface area contributed by atoms with Crippen molar-refractivity contribution in [2.45, 2.75) is 47.1 Å². The molecule has 1 aromatic rings. The van der Waals surface area contributed by atoms with E-state index in [4.69, 9.17) is 4.74 Å². The third-order valence-corrected chi connectivity index (χ3v) is 4.99. The molecule has 6 heteroatoms. The Kier molecular flexibility index (Phi) is 7.48. The molecule has 0 aromatic heterocycles. The van der Waals surface area contributed by atoms with Crippen LogP contribution in [0.4, 0.5) is 5.69 Å². The van der Waals surface area contributed by atoms with Crippen LogP contribution in [0.25, 0.3) is 0 Å². The second-order valence-electron chi connectivity index (χ2n) is 5.65. The van der Waals surface area contributed by atoms with Gasteiger partial charge in [0, 0.05) is 6.42 Å². The van der Waals surface area contributed by atoms with Crippen LogP contribution in [0.1, 0.15) is 37.0 Å². The third-order valence-electron chi connectivity index (χ3n) is 3.99. The molecule has 0 saturated carbocycles. The predicted molar refractivity (Wildman–Crippen MR) is 97.4 cm³/mol. The molecule has 1 atom stereocenters. The number of aryl methyl sites for hydroxylation is 2. The fraction of sp³-hybridized carbons (Fsp3) is 0.500. The fourth-order valence-corrected chi connectivity index (χ4v) is 3.06. The van der Waals surface area contributed by atoms with Crippen molar-refractivity contribution in [1.29, 1.82) is 0 Å². The third kappa shape index (κ3) is 4.60. The molecule has 0 aliphatic heterocycles. The van der Waals surface area contributed by atoms with E-state index in [1.54, 1.807) is 13.8 Å². The SMILES string of the molecule is CCC(=O)SCC(=O)N(c1c(C)ccc(C)c1C)[C@@H](C)C(=O)OC. The number of benzene rings is 1. The summed E-state index contributed by atoms with van der Waals surface area (Å²) in [5.41, 5.74) is 3.57. The molecule has 1 rings (SSSR count). The molecule has 0 fully saturated rings. The summed E-state index contributed by atoms with van der Waals surface area (Å²) in [6, 6.07) is 3.14. The second-order valence-corrected chi connectivity index (χ2v) is 6.68. The zero-order chi connectivity index (χ0) is 18.4. The van der Waals surface area contributed by atoms with Crippen LogP contribution < -0.4 is 4.90 Å². The molecule has 0 radical (unpaired) electrons. The van der Waals surface area contributed by atoms with Crippen molar-refractivity contribution in [2.75, 3.05) is 17.8 Å². The summed E-state index contributed by atoms with van der Waals surface area (Å²) in [6.07, 6.45) is 0.368. The van der Waals surface area contributed by atoms with Gasteiger partial charge in [0.1, 0.15) is 6.04 Å². The highest BCUT2D eigenvalue weighted by Gasteiger charge is 2.30. The van der Waals surface area contributed by atoms with Gasteiger partial charge in [-0.15, -0.1) is 0 Å². The number of anilines is 1. The number of rotatable bonds is 6. The van der Waals surface area contributed by atoms with Crippen LogP contribution in [-0.2, 0) is 19.1 Å². The van der Waals surface area contributed by atoms with E-state index < -0.39 is 12.0 Å². The molecule has 24 heavy (non-hydrogen) atoms. The van der Waals surface area contributed by atoms with Crippen LogP contribution in [0, 0.1) is 20.8 Å². The van der Waals surface area contributed by atoms with E-state index in [9.17, 15) is 14.4 Å². The average molecular weight is 351 g/mol. The van der Waals surface area contributed by atoms with Gasteiger partial charge in [-0.25, -0.2) is 4.79 Å². The zero-order valence-corrected chi connectivity index (χ0v) is 16.0. The minimum Gasteiger partial charge on any atom is -0.467 e. The predicted octanol–water partition coefficient (Wildman–Crippen LogP) is 3.18. The van der Waals surface area contributed by atoms with Gasteiger partial charge in [-0.3, -0.25) is 14.5 Å².